The summed E-state index contributed by atoms with van der Waals surface area (Å²) >= 11 is 0. The van der Waals surface area contributed by atoms with Gasteiger partial charge in [-0.15, -0.1) is 0 Å². The number of carbonyl (C=O) groups excluding carboxylic acids is 2. The number of Topliss-reactive ketones (excluding diaryl/α,β-unsaturated/α-hetero) is 1. The quantitative estimate of drug-likeness (QED) is 0.447. The van der Waals surface area contributed by atoms with Gasteiger partial charge in [0.05, 0.1) is 0 Å². The van der Waals surface area contributed by atoms with Crippen LogP contribution in [-0.2, 0) is 9.59 Å². The van der Waals surface area contributed by atoms with Gasteiger partial charge in [-0.1, -0.05) is 36.1 Å². The number of ketones is 1. The lowest BCUT2D eigenvalue weighted by Gasteiger charge is -2.44. The Morgan fingerprint density at radius 1 is 0.929 bits per heavy atom. The molecule has 2 aliphatic carbocycles. The highest BCUT2D eigenvalue weighted by molar-refractivity contribution is 5.80. The largest absolute Gasteiger partial charge is 0.339 e. The average molecular weight is 386 g/mol. The summed E-state index contributed by atoms with van der Waals surface area (Å²) in [5.41, 5.74) is 3.00. The molecule has 2 atom stereocenters. The highest BCUT2D eigenvalue weighted by atomic mass is 16.2. The SMILES string of the molecule is CC1=CC=C(CCCCC(=O)CCCC(=O)N2CCCC3CCCCC32)CC1. The van der Waals surface area contributed by atoms with E-state index in [0.717, 1.165) is 44.6 Å². The van der Waals surface area contributed by atoms with Crippen molar-refractivity contribution in [2.75, 3.05) is 6.54 Å². The molecule has 1 saturated heterocycles. The smallest absolute Gasteiger partial charge is 0.222 e. The second-order valence-electron chi connectivity index (χ2n) is 9.28. The highest BCUT2D eigenvalue weighted by Gasteiger charge is 2.35. The predicted octanol–water partition coefficient (Wildman–Crippen LogP) is 6.13. The Bertz CT molecular complexity index is 602. The summed E-state index contributed by atoms with van der Waals surface area (Å²) in [4.78, 5) is 27.0. The second-order valence-corrected chi connectivity index (χ2v) is 9.28. The van der Waals surface area contributed by atoms with Crippen LogP contribution in [0.2, 0.25) is 0 Å². The molecule has 1 amide bonds. The first kappa shape index (κ1) is 21.3. The van der Waals surface area contributed by atoms with Crippen LogP contribution in [0.25, 0.3) is 0 Å². The third-order valence-corrected chi connectivity index (χ3v) is 7.06. The molecular formula is C25H39NO2. The van der Waals surface area contributed by atoms with Crippen molar-refractivity contribution >= 4 is 11.7 Å². The number of amides is 1. The summed E-state index contributed by atoms with van der Waals surface area (Å²) in [6.07, 6.45) is 20.3. The molecule has 0 spiro atoms. The van der Waals surface area contributed by atoms with Gasteiger partial charge in [-0.05, 0) is 77.0 Å². The van der Waals surface area contributed by atoms with E-state index in [4.69, 9.17) is 0 Å². The Labute approximate surface area is 171 Å². The van der Waals surface area contributed by atoms with Crippen molar-refractivity contribution in [2.45, 2.75) is 109 Å². The van der Waals surface area contributed by atoms with Gasteiger partial charge in [0.2, 0.25) is 5.91 Å². The van der Waals surface area contributed by atoms with Crippen molar-refractivity contribution in [3.63, 3.8) is 0 Å². The van der Waals surface area contributed by atoms with Gasteiger partial charge >= 0.3 is 0 Å². The van der Waals surface area contributed by atoms with Crippen molar-refractivity contribution in [3.8, 4) is 0 Å². The van der Waals surface area contributed by atoms with Gasteiger partial charge in [0.1, 0.15) is 5.78 Å². The van der Waals surface area contributed by atoms with E-state index < -0.39 is 0 Å². The van der Waals surface area contributed by atoms with Crippen molar-refractivity contribution in [1.82, 2.24) is 4.90 Å². The number of hydrogen-bond acceptors (Lipinski definition) is 2. The first-order chi connectivity index (χ1) is 13.6. The molecule has 2 fully saturated rings. The molecule has 156 valence electrons. The minimum Gasteiger partial charge on any atom is -0.339 e. The Morgan fingerprint density at radius 3 is 2.54 bits per heavy atom. The second kappa shape index (κ2) is 11.0. The molecule has 0 aromatic carbocycles. The van der Waals surface area contributed by atoms with Crippen LogP contribution >= 0.6 is 0 Å². The monoisotopic (exact) mass is 385 g/mol. The van der Waals surface area contributed by atoms with Crippen LogP contribution < -0.4 is 0 Å². The summed E-state index contributed by atoms with van der Waals surface area (Å²) < 4.78 is 0. The summed E-state index contributed by atoms with van der Waals surface area (Å²) in [5, 5.41) is 0. The van der Waals surface area contributed by atoms with Crippen LogP contribution in [-0.4, -0.2) is 29.2 Å². The summed E-state index contributed by atoms with van der Waals surface area (Å²) in [5.74, 6) is 1.39. The van der Waals surface area contributed by atoms with Gasteiger partial charge < -0.3 is 4.90 Å². The average Bonchev–Trinajstić information content (AvgIpc) is 2.72. The Hall–Kier alpha value is -1.38. The molecule has 2 unspecified atom stereocenters. The maximum atomic E-state index is 12.7. The van der Waals surface area contributed by atoms with Crippen LogP contribution in [0, 0.1) is 5.92 Å². The summed E-state index contributed by atoms with van der Waals surface area (Å²) in [6.45, 7) is 3.13. The first-order valence-electron chi connectivity index (χ1n) is 11.8. The molecule has 0 N–H and O–H groups in total. The minimum atomic E-state index is 0.303. The van der Waals surface area contributed by atoms with Gasteiger partial charge in [-0.25, -0.2) is 0 Å². The number of nitrogens with zero attached hydrogens (tertiary/aromatic N) is 1. The molecule has 0 aromatic rings. The van der Waals surface area contributed by atoms with Crippen molar-refractivity contribution in [2.24, 2.45) is 5.92 Å². The van der Waals surface area contributed by atoms with E-state index >= 15 is 0 Å². The molecule has 3 rings (SSSR count). The van der Waals surface area contributed by atoms with Crippen LogP contribution in [0.1, 0.15) is 103 Å². The fourth-order valence-electron chi connectivity index (χ4n) is 5.31. The molecule has 1 saturated carbocycles. The highest BCUT2D eigenvalue weighted by Crippen LogP contribution is 2.35. The van der Waals surface area contributed by atoms with Gasteiger partial charge in [-0.3, -0.25) is 9.59 Å². The van der Waals surface area contributed by atoms with E-state index in [1.54, 1.807) is 0 Å². The van der Waals surface area contributed by atoms with Crippen LogP contribution in [0.3, 0.4) is 0 Å². The fraction of sp³-hybridized carbons (Fsp3) is 0.760. The topological polar surface area (TPSA) is 37.4 Å². The number of carbonyl (C=O) groups is 2. The van der Waals surface area contributed by atoms with Crippen LogP contribution in [0.5, 0.6) is 0 Å². The normalized spacial score (nSPS) is 25.0. The molecule has 3 heteroatoms. The van der Waals surface area contributed by atoms with E-state index in [0.29, 0.717) is 37.0 Å². The number of allylic oxidation sites excluding steroid dienone is 4. The molecule has 0 aromatic heterocycles. The standard InChI is InChI=1S/C25H39NO2/c1-20-15-17-21(18-16-20)8-2-4-11-23(27)12-6-14-25(28)26-19-7-10-22-9-3-5-13-24(22)26/h15,17,22,24H,2-14,16,18-19H2,1H3. The van der Waals surface area contributed by atoms with Gasteiger partial charge in [0, 0.05) is 31.8 Å². The van der Waals surface area contributed by atoms with E-state index in [1.165, 1.54) is 56.1 Å². The Balaban J connectivity index is 1.28. The van der Waals surface area contributed by atoms with Crippen LogP contribution in [0.15, 0.2) is 23.3 Å². The van der Waals surface area contributed by atoms with Crippen molar-refractivity contribution in [1.29, 1.82) is 0 Å². The maximum absolute atomic E-state index is 12.7. The Kier molecular flexibility index (Phi) is 8.36. The summed E-state index contributed by atoms with van der Waals surface area (Å²) in [7, 11) is 0. The molecule has 28 heavy (non-hydrogen) atoms. The molecule has 0 radical (unpaired) electrons. The maximum Gasteiger partial charge on any atom is 0.222 e. The molecule has 0 bridgehead atoms. The van der Waals surface area contributed by atoms with Gasteiger partial charge in [0.25, 0.3) is 0 Å². The lowest BCUT2D eigenvalue weighted by Crippen LogP contribution is -2.49. The zero-order chi connectivity index (χ0) is 19.8. The number of fused-ring (bicyclic) bond motifs is 1. The Morgan fingerprint density at radius 2 is 1.71 bits per heavy atom. The fourth-order valence-corrected chi connectivity index (χ4v) is 5.31. The number of rotatable bonds is 9. The number of likely N-dealkylation sites (tertiary alicyclic amines) is 1. The third kappa shape index (κ3) is 6.32. The molecule has 3 nitrogen and oxygen atoms in total. The number of piperidine rings is 1. The molecular weight excluding hydrogens is 346 g/mol. The lowest BCUT2D eigenvalue weighted by atomic mass is 9.78. The first-order valence-corrected chi connectivity index (χ1v) is 11.8. The molecule has 1 heterocycles. The van der Waals surface area contributed by atoms with Crippen LogP contribution in [0.4, 0.5) is 0 Å². The van der Waals surface area contributed by atoms with E-state index in [2.05, 4.69) is 24.0 Å². The van der Waals surface area contributed by atoms with E-state index in [1.807, 2.05) is 0 Å². The van der Waals surface area contributed by atoms with E-state index in [9.17, 15) is 9.59 Å². The van der Waals surface area contributed by atoms with E-state index in [-0.39, 0.29) is 0 Å². The third-order valence-electron chi connectivity index (χ3n) is 7.06. The van der Waals surface area contributed by atoms with Gasteiger partial charge in [-0.2, -0.15) is 0 Å². The van der Waals surface area contributed by atoms with Crippen molar-refractivity contribution in [3.05, 3.63) is 23.3 Å². The lowest BCUT2D eigenvalue weighted by molar-refractivity contribution is -0.137. The number of hydrogen-bond donors (Lipinski definition) is 0. The molecule has 3 aliphatic rings. The minimum absolute atomic E-state index is 0.303. The predicted molar refractivity (Wildman–Crippen MR) is 115 cm³/mol. The summed E-state index contributed by atoms with van der Waals surface area (Å²) in [6, 6.07) is 0.499. The number of unbranched alkanes of at least 4 members (excludes halogenated alkanes) is 1. The zero-order valence-corrected chi connectivity index (χ0v) is 17.9. The van der Waals surface area contributed by atoms with Crippen molar-refractivity contribution < 1.29 is 9.59 Å². The zero-order valence-electron chi connectivity index (χ0n) is 17.9. The van der Waals surface area contributed by atoms with Gasteiger partial charge in [0.15, 0.2) is 0 Å². The molecule has 1 aliphatic heterocycles.